The predicted octanol–water partition coefficient (Wildman–Crippen LogP) is 3.37. The van der Waals surface area contributed by atoms with Crippen LogP contribution in [0.3, 0.4) is 0 Å². The molecule has 1 heterocycles. The smallest absolute Gasteiger partial charge is 0.0468 e. The molecule has 0 spiro atoms. The fourth-order valence-corrected chi connectivity index (χ4v) is 3.00. The molecule has 1 aliphatic carbocycles. The van der Waals surface area contributed by atoms with Gasteiger partial charge in [-0.1, -0.05) is 30.3 Å². The Balaban J connectivity index is 0.00000133. The average molecular weight is 282 g/mol. The van der Waals surface area contributed by atoms with Crippen LogP contribution in [0.5, 0.6) is 0 Å². The van der Waals surface area contributed by atoms with Crippen molar-refractivity contribution >= 4 is 12.4 Å². The summed E-state index contributed by atoms with van der Waals surface area (Å²) in [6.45, 7) is 3.13. The topological polar surface area (TPSA) is 21.3 Å². The highest BCUT2D eigenvalue weighted by atomic mass is 35.5. The zero-order valence-corrected chi connectivity index (χ0v) is 12.2. The predicted molar refractivity (Wildman–Crippen MR) is 81.0 cm³/mol. The second-order valence-electron chi connectivity index (χ2n) is 5.66. The first-order valence-corrected chi connectivity index (χ1v) is 7.29. The van der Waals surface area contributed by atoms with Crippen molar-refractivity contribution in [3.8, 4) is 0 Å². The molecule has 2 atom stereocenters. The first kappa shape index (κ1) is 14.8. The molecule has 19 heavy (non-hydrogen) atoms. The molecule has 3 heteroatoms. The minimum absolute atomic E-state index is 0. The first-order valence-electron chi connectivity index (χ1n) is 7.29. The molecule has 2 fully saturated rings. The van der Waals surface area contributed by atoms with Gasteiger partial charge in [-0.15, -0.1) is 12.4 Å². The van der Waals surface area contributed by atoms with Gasteiger partial charge >= 0.3 is 0 Å². The minimum Gasteiger partial charge on any atom is -0.381 e. The van der Waals surface area contributed by atoms with Gasteiger partial charge in [-0.3, -0.25) is 0 Å². The third kappa shape index (κ3) is 4.20. The van der Waals surface area contributed by atoms with Gasteiger partial charge in [0.15, 0.2) is 0 Å². The second-order valence-corrected chi connectivity index (χ2v) is 5.66. The molecule has 0 aromatic heterocycles. The Hall–Kier alpha value is -0.570. The van der Waals surface area contributed by atoms with Crippen LogP contribution < -0.4 is 5.32 Å². The molecule has 0 amide bonds. The highest BCUT2D eigenvalue weighted by molar-refractivity contribution is 5.85. The largest absolute Gasteiger partial charge is 0.381 e. The molecule has 3 rings (SSSR count). The van der Waals surface area contributed by atoms with Gasteiger partial charge in [-0.25, -0.2) is 0 Å². The Morgan fingerprint density at radius 3 is 2.58 bits per heavy atom. The summed E-state index contributed by atoms with van der Waals surface area (Å²) in [5.74, 6) is 1.65. The van der Waals surface area contributed by atoms with E-state index in [-0.39, 0.29) is 12.4 Å². The zero-order valence-electron chi connectivity index (χ0n) is 11.4. The molecule has 0 radical (unpaired) electrons. The maximum absolute atomic E-state index is 5.39. The van der Waals surface area contributed by atoms with Crippen molar-refractivity contribution in [3.05, 3.63) is 35.9 Å². The van der Waals surface area contributed by atoms with Crippen LogP contribution in [0.1, 0.15) is 37.2 Å². The minimum atomic E-state index is 0. The molecule has 1 aromatic rings. The lowest BCUT2D eigenvalue weighted by Crippen LogP contribution is -2.24. The van der Waals surface area contributed by atoms with Gasteiger partial charge < -0.3 is 10.1 Å². The Labute approximate surface area is 122 Å². The van der Waals surface area contributed by atoms with Crippen LogP contribution in [0.25, 0.3) is 0 Å². The Kier molecular flexibility index (Phi) is 5.68. The molecular weight excluding hydrogens is 258 g/mol. The SMILES string of the molecule is Cl.c1ccc([C@@H]2C[C@H]2NCCC2CCOCC2)cc1. The van der Waals surface area contributed by atoms with Gasteiger partial charge in [-0.05, 0) is 43.7 Å². The lowest BCUT2D eigenvalue weighted by Gasteiger charge is -2.21. The van der Waals surface area contributed by atoms with E-state index in [4.69, 9.17) is 4.74 Å². The standard InChI is InChI=1S/C16H23NO.ClH/c1-2-4-14(5-3-1)15-12-16(15)17-9-6-13-7-10-18-11-8-13;/h1-5,13,15-17H,6-12H2;1H/t15-,16+;/m0./s1. The summed E-state index contributed by atoms with van der Waals surface area (Å²) in [4.78, 5) is 0. The molecule has 1 saturated carbocycles. The average Bonchev–Trinajstić information content (AvgIpc) is 3.21. The van der Waals surface area contributed by atoms with E-state index < -0.39 is 0 Å². The highest BCUT2D eigenvalue weighted by Gasteiger charge is 2.37. The highest BCUT2D eigenvalue weighted by Crippen LogP contribution is 2.40. The number of halogens is 1. The van der Waals surface area contributed by atoms with Crippen LogP contribution >= 0.6 is 12.4 Å². The van der Waals surface area contributed by atoms with E-state index >= 15 is 0 Å². The summed E-state index contributed by atoms with van der Waals surface area (Å²) < 4.78 is 5.39. The molecule has 2 nitrogen and oxygen atoms in total. The third-order valence-electron chi connectivity index (χ3n) is 4.32. The van der Waals surface area contributed by atoms with Crippen molar-refractivity contribution in [3.63, 3.8) is 0 Å². The van der Waals surface area contributed by atoms with Crippen molar-refractivity contribution in [1.82, 2.24) is 5.32 Å². The Morgan fingerprint density at radius 1 is 1.11 bits per heavy atom. The summed E-state index contributed by atoms with van der Waals surface area (Å²) in [5, 5.41) is 3.71. The van der Waals surface area contributed by atoms with E-state index in [9.17, 15) is 0 Å². The lowest BCUT2D eigenvalue weighted by atomic mass is 9.97. The van der Waals surface area contributed by atoms with E-state index in [1.165, 1.54) is 37.8 Å². The monoisotopic (exact) mass is 281 g/mol. The summed E-state index contributed by atoms with van der Waals surface area (Å²) in [5.41, 5.74) is 1.50. The molecule has 1 aliphatic heterocycles. The van der Waals surface area contributed by atoms with Crippen LogP contribution in [0.4, 0.5) is 0 Å². The van der Waals surface area contributed by atoms with Crippen LogP contribution in [0.2, 0.25) is 0 Å². The van der Waals surface area contributed by atoms with Crippen LogP contribution in [0.15, 0.2) is 30.3 Å². The van der Waals surface area contributed by atoms with Gasteiger partial charge in [0.05, 0.1) is 0 Å². The number of nitrogens with one attached hydrogen (secondary N) is 1. The van der Waals surface area contributed by atoms with Gasteiger partial charge in [0, 0.05) is 25.2 Å². The number of hydrogen-bond donors (Lipinski definition) is 1. The van der Waals surface area contributed by atoms with E-state index in [0.717, 1.165) is 31.1 Å². The lowest BCUT2D eigenvalue weighted by molar-refractivity contribution is 0.0639. The van der Waals surface area contributed by atoms with E-state index in [2.05, 4.69) is 35.6 Å². The van der Waals surface area contributed by atoms with Gasteiger partial charge in [0.25, 0.3) is 0 Å². The van der Waals surface area contributed by atoms with Crippen molar-refractivity contribution in [2.45, 2.75) is 37.6 Å². The van der Waals surface area contributed by atoms with Crippen molar-refractivity contribution in [2.24, 2.45) is 5.92 Å². The molecule has 106 valence electrons. The van der Waals surface area contributed by atoms with Gasteiger partial charge in [0.1, 0.15) is 0 Å². The molecule has 0 unspecified atom stereocenters. The van der Waals surface area contributed by atoms with Crippen molar-refractivity contribution in [2.75, 3.05) is 19.8 Å². The third-order valence-corrected chi connectivity index (χ3v) is 4.32. The van der Waals surface area contributed by atoms with Crippen LogP contribution in [0, 0.1) is 5.92 Å². The quantitative estimate of drug-likeness (QED) is 0.893. The van der Waals surface area contributed by atoms with Crippen LogP contribution in [-0.2, 0) is 4.74 Å². The van der Waals surface area contributed by atoms with E-state index in [1.54, 1.807) is 0 Å². The van der Waals surface area contributed by atoms with E-state index in [0.29, 0.717) is 0 Å². The molecule has 0 bridgehead atoms. The first-order chi connectivity index (χ1) is 8.93. The summed E-state index contributed by atoms with van der Waals surface area (Å²) in [6, 6.07) is 11.6. The Bertz CT molecular complexity index is 364. The maximum Gasteiger partial charge on any atom is 0.0468 e. The molecule has 1 saturated heterocycles. The van der Waals surface area contributed by atoms with Crippen molar-refractivity contribution < 1.29 is 4.74 Å². The second kappa shape index (κ2) is 7.28. The fraction of sp³-hybridized carbons (Fsp3) is 0.625. The fourth-order valence-electron chi connectivity index (χ4n) is 3.00. The van der Waals surface area contributed by atoms with E-state index in [1.807, 2.05) is 0 Å². The zero-order chi connectivity index (χ0) is 12.2. The molecule has 2 aliphatic rings. The molecule has 1 aromatic carbocycles. The van der Waals surface area contributed by atoms with Crippen LogP contribution in [-0.4, -0.2) is 25.8 Å². The Morgan fingerprint density at radius 2 is 1.84 bits per heavy atom. The van der Waals surface area contributed by atoms with Crippen molar-refractivity contribution in [1.29, 1.82) is 0 Å². The number of rotatable bonds is 5. The number of ether oxygens (including phenoxy) is 1. The summed E-state index contributed by atoms with van der Waals surface area (Å²) in [7, 11) is 0. The number of hydrogen-bond acceptors (Lipinski definition) is 2. The summed E-state index contributed by atoms with van der Waals surface area (Å²) in [6.07, 6.45) is 5.15. The normalized spacial score (nSPS) is 26.7. The number of benzene rings is 1. The molecule has 1 N–H and O–H groups in total. The molecular formula is C16H24ClNO. The summed E-state index contributed by atoms with van der Waals surface area (Å²) >= 11 is 0. The van der Waals surface area contributed by atoms with Gasteiger partial charge in [0.2, 0.25) is 0 Å². The maximum atomic E-state index is 5.39. The van der Waals surface area contributed by atoms with Gasteiger partial charge in [-0.2, -0.15) is 0 Å².